The predicted octanol–water partition coefficient (Wildman–Crippen LogP) is 1.40. The van der Waals surface area contributed by atoms with Crippen LogP contribution in [0.1, 0.15) is 38.3 Å². The summed E-state index contributed by atoms with van der Waals surface area (Å²) in [4.78, 5) is 12.5. The molecular formula is C16H20ClN5O4. The van der Waals surface area contributed by atoms with Gasteiger partial charge in [-0.3, -0.25) is 4.57 Å². The number of hydrogen-bond acceptors (Lipinski definition) is 8. The monoisotopic (exact) mass is 381 g/mol. The van der Waals surface area contributed by atoms with Gasteiger partial charge in [0.1, 0.15) is 23.8 Å². The van der Waals surface area contributed by atoms with Crippen LogP contribution in [0.2, 0.25) is 5.28 Å². The van der Waals surface area contributed by atoms with E-state index >= 15 is 0 Å². The van der Waals surface area contributed by atoms with Gasteiger partial charge in [-0.15, -0.1) is 0 Å². The zero-order chi connectivity index (χ0) is 17.9. The highest BCUT2D eigenvalue weighted by Gasteiger charge is 2.58. The fraction of sp³-hybridized carbons (Fsp3) is 0.688. The molecule has 10 heteroatoms. The van der Waals surface area contributed by atoms with Gasteiger partial charge in [0.15, 0.2) is 23.5 Å². The number of anilines is 1. The maximum absolute atomic E-state index is 9.76. The number of ether oxygens (including phenoxy) is 3. The van der Waals surface area contributed by atoms with E-state index in [1.54, 1.807) is 10.9 Å². The Morgan fingerprint density at radius 2 is 2.00 bits per heavy atom. The molecule has 0 bridgehead atoms. The first-order chi connectivity index (χ1) is 12.6. The number of aromatic nitrogens is 4. The van der Waals surface area contributed by atoms with E-state index in [2.05, 4.69) is 15.0 Å². The maximum Gasteiger partial charge on any atom is 0.226 e. The molecule has 4 heterocycles. The second-order valence-electron chi connectivity index (χ2n) is 7.09. The Labute approximate surface area is 154 Å². The van der Waals surface area contributed by atoms with Crippen molar-refractivity contribution in [3.63, 3.8) is 0 Å². The van der Waals surface area contributed by atoms with Gasteiger partial charge in [0.2, 0.25) is 5.28 Å². The van der Waals surface area contributed by atoms with Crippen LogP contribution in [0, 0.1) is 0 Å². The quantitative estimate of drug-likeness (QED) is 0.749. The molecule has 2 aromatic heterocycles. The molecular weight excluding hydrogens is 362 g/mol. The number of aliphatic hydroxyl groups is 1. The van der Waals surface area contributed by atoms with Gasteiger partial charge in [-0.05, 0) is 24.4 Å². The van der Waals surface area contributed by atoms with Crippen molar-refractivity contribution in [2.24, 2.45) is 0 Å². The minimum absolute atomic E-state index is 0.0392. The Kier molecular flexibility index (Phi) is 3.84. The molecule has 1 aliphatic carbocycles. The molecule has 2 aliphatic heterocycles. The molecule has 0 aromatic carbocycles. The lowest BCUT2D eigenvalue weighted by atomic mass is 9.94. The van der Waals surface area contributed by atoms with E-state index in [0.717, 1.165) is 25.7 Å². The SMILES string of the molecule is Nc1nc(Cl)nc2c1ncn2[C@@H]1O[C@H](CO)[C@@H]2OC3(CCCCC3)OC21. The van der Waals surface area contributed by atoms with E-state index in [4.69, 9.17) is 31.5 Å². The molecule has 1 spiro atoms. The Balaban J connectivity index is 1.53. The molecule has 9 nitrogen and oxygen atoms in total. The number of hydrogen-bond donors (Lipinski definition) is 2. The first kappa shape index (κ1) is 16.6. The summed E-state index contributed by atoms with van der Waals surface area (Å²) in [7, 11) is 0. The third-order valence-electron chi connectivity index (χ3n) is 5.48. The number of imidazole rings is 1. The van der Waals surface area contributed by atoms with Crippen LogP contribution in [0.5, 0.6) is 0 Å². The molecule has 3 N–H and O–H groups in total. The lowest BCUT2D eigenvalue weighted by molar-refractivity contribution is -0.232. The van der Waals surface area contributed by atoms with E-state index in [-0.39, 0.29) is 29.9 Å². The average Bonchev–Trinajstić information content (AvgIpc) is 3.27. The van der Waals surface area contributed by atoms with Gasteiger partial charge in [-0.1, -0.05) is 6.42 Å². The Morgan fingerprint density at radius 3 is 2.77 bits per heavy atom. The van der Waals surface area contributed by atoms with Crippen molar-refractivity contribution in [1.82, 2.24) is 19.5 Å². The zero-order valence-electron chi connectivity index (χ0n) is 14.0. The molecule has 1 unspecified atom stereocenters. The molecule has 0 radical (unpaired) electrons. The van der Waals surface area contributed by atoms with Gasteiger partial charge >= 0.3 is 0 Å². The molecule has 0 amide bonds. The Bertz CT molecular complexity index is 839. The molecule has 26 heavy (non-hydrogen) atoms. The summed E-state index contributed by atoms with van der Waals surface area (Å²) in [6.45, 7) is -0.151. The maximum atomic E-state index is 9.76. The normalized spacial score (nSPS) is 33.2. The highest BCUT2D eigenvalue weighted by atomic mass is 35.5. The molecule has 140 valence electrons. The molecule has 5 rings (SSSR count). The summed E-state index contributed by atoms with van der Waals surface area (Å²) in [6.07, 6.45) is 4.92. The lowest BCUT2D eigenvalue weighted by Crippen LogP contribution is -2.37. The highest BCUT2D eigenvalue weighted by molar-refractivity contribution is 6.28. The smallest absolute Gasteiger partial charge is 0.226 e. The van der Waals surface area contributed by atoms with Crippen LogP contribution in [0.15, 0.2) is 6.33 Å². The van der Waals surface area contributed by atoms with Gasteiger partial charge in [0, 0.05) is 12.8 Å². The zero-order valence-corrected chi connectivity index (χ0v) is 14.8. The summed E-state index contributed by atoms with van der Waals surface area (Å²) in [5.41, 5.74) is 6.82. The number of rotatable bonds is 2. The number of aliphatic hydroxyl groups excluding tert-OH is 1. The van der Waals surface area contributed by atoms with E-state index in [9.17, 15) is 5.11 Å². The second-order valence-corrected chi connectivity index (χ2v) is 7.42. The third kappa shape index (κ3) is 2.42. The fourth-order valence-corrected chi connectivity index (χ4v) is 4.46. The summed E-state index contributed by atoms with van der Waals surface area (Å²) in [5.74, 6) is -0.371. The van der Waals surface area contributed by atoms with Crippen molar-refractivity contribution in [2.45, 2.75) is 62.4 Å². The van der Waals surface area contributed by atoms with Crippen LogP contribution >= 0.6 is 11.6 Å². The summed E-state index contributed by atoms with van der Waals surface area (Å²) < 4.78 is 20.4. The first-order valence-corrected chi connectivity index (χ1v) is 9.25. The number of nitrogens with zero attached hydrogens (tertiary/aromatic N) is 4. The summed E-state index contributed by atoms with van der Waals surface area (Å²) >= 11 is 5.96. The van der Waals surface area contributed by atoms with Crippen molar-refractivity contribution < 1.29 is 19.3 Å². The van der Waals surface area contributed by atoms with Gasteiger partial charge in [-0.2, -0.15) is 9.97 Å². The van der Waals surface area contributed by atoms with E-state index in [1.807, 2.05) is 0 Å². The van der Waals surface area contributed by atoms with E-state index < -0.39 is 18.1 Å². The fourth-order valence-electron chi connectivity index (χ4n) is 4.29. The highest BCUT2D eigenvalue weighted by Crippen LogP contribution is 2.48. The van der Waals surface area contributed by atoms with E-state index in [0.29, 0.717) is 11.2 Å². The van der Waals surface area contributed by atoms with Crippen LogP contribution < -0.4 is 5.73 Å². The van der Waals surface area contributed by atoms with Crippen molar-refractivity contribution in [3.8, 4) is 0 Å². The Morgan fingerprint density at radius 1 is 1.23 bits per heavy atom. The van der Waals surface area contributed by atoms with Crippen LogP contribution in [0.4, 0.5) is 5.82 Å². The minimum atomic E-state index is -0.578. The number of halogens is 1. The number of fused-ring (bicyclic) bond motifs is 2. The predicted molar refractivity (Wildman–Crippen MR) is 91.3 cm³/mol. The molecule has 3 fully saturated rings. The minimum Gasteiger partial charge on any atom is -0.394 e. The molecule has 4 atom stereocenters. The molecule has 3 aliphatic rings. The second kappa shape index (κ2) is 6.00. The molecule has 1 saturated carbocycles. The van der Waals surface area contributed by atoms with Crippen LogP contribution in [0.25, 0.3) is 11.2 Å². The lowest BCUT2D eigenvalue weighted by Gasteiger charge is -2.34. The average molecular weight is 382 g/mol. The van der Waals surface area contributed by atoms with Gasteiger partial charge in [0.05, 0.1) is 12.9 Å². The van der Waals surface area contributed by atoms with Gasteiger partial charge in [-0.25, -0.2) is 4.98 Å². The van der Waals surface area contributed by atoms with Crippen LogP contribution in [-0.4, -0.2) is 55.3 Å². The van der Waals surface area contributed by atoms with Crippen molar-refractivity contribution in [3.05, 3.63) is 11.6 Å². The van der Waals surface area contributed by atoms with Gasteiger partial charge in [0.25, 0.3) is 0 Å². The van der Waals surface area contributed by atoms with Gasteiger partial charge < -0.3 is 25.1 Å². The summed E-state index contributed by atoms with van der Waals surface area (Å²) in [6, 6.07) is 0. The van der Waals surface area contributed by atoms with Crippen molar-refractivity contribution >= 4 is 28.6 Å². The Hall–Kier alpha value is -1.52. The van der Waals surface area contributed by atoms with E-state index in [1.165, 1.54) is 6.42 Å². The summed E-state index contributed by atoms with van der Waals surface area (Å²) in [5, 5.41) is 9.80. The number of nitrogen functional groups attached to an aromatic ring is 1. The standard InChI is InChI=1S/C16H20ClN5O4/c17-15-20-12(18)9-13(21-15)22(7-19-9)14-11-10(8(6-23)24-14)25-16(26-11)4-2-1-3-5-16/h7-8,10-11,14,23H,1-6H2,(H2,18,20,21)/t8-,10+,11?,14-/m1/s1. The van der Waals surface area contributed by atoms with Crippen LogP contribution in [0.3, 0.4) is 0 Å². The van der Waals surface area contributed by atoms with Crippen molar-refractivity contribution in [1.29, 1.82) is 0 Å². The first-order valence-electron chi connectivity index (χ1n) is 8.88. The number of nitrogens with two attached hydrogens (primary N) is 1. The third-order valence-corrected chi connectivity index (χ3v) is 5.65. The largest absolute Gasteiger partial charge is 0.394 e. The molecule has 2 saturated heterocycles. The van der Waals surface area contributed by atoms with Crippen molar-refractivity contribution in [2.75, 3.05) is 12.3 Å². The molecule has 2 aromatic rings. The topological polar surface area (TPSA) is 118 Å². The van der Waals surface area contributed by atoms with Crippen LogP contribution in [-0.2, 0) is 14.2 Å².